The summed E-state index contributed by atoms with van der Waals surface area (Å²) in [7, 11) is 0. The first-order chi connectivity index (χ1) is 6.84. The van der Waals surface area contributed by atoms with Crippen LogP contribution >= 0.6 is 11.3 Å². The first-order valence-corrected chi connectivity index (χ1v) is 5.67. The van der Waals surface area contributed by atoms with Gasteiger partial charge in [-0.15, -0.1) is 17.9 Å². The lowest BCUT2D eigenvalue weighted by atomic mass is 10.3. The highest BCUT2D eigenvalue weighted by Gasteiger charge is 2.05. The molecule has 2 N–H and O–H groups in total. The molecule has 0 saturated heterocycles. The quantitative estimate of drug-likeness (QED) is 0.531. The minimum atomic E-state index is 0.348. The minimum Gasteiger partial charge on any atom is -0.312 e. The van der Waals surface area contributed by atoms with Crippen molar-refractivity contribution in [3.8, 4) is 0 Å². The van der Waals surface area contributed by atoms with Gasteiger partial charge in [0.15, 0.2) is 0 Å². The van der Waals surface area contributed by atoms with Crippen LogP contribution in [0.25, 0.3) is 0 Å². The Morgan fingerprint density at radius 3 is 3.14 bits per heavy atom. The summed E-state index contributed by atoms with van der Waals surface area (Å²) in [6.07, 6.45) is 3.71. The molecule has 0 aliphatic heterocycles. The molecule has 3 nitrogen and oxygen atoms in total. The van der Waals surface area contributed by atoms with Gasteiger partial charge in [0, 0.05) is 31.2 Å². The van der Waals surface area contributed by atoms with Gasteiger partial charge in [-0.2, -0.15) is 0 Å². The molecule has 0 aromatic carbocycles. The average molecular weight is 211 g/mol. The molecule has 1 heterocycles. The molecule has 4 heteroatoms. The van der Waals surface area contributed by atoms with E-state index in [9.17, 15) is 0 Å². The number of aromatic nitrogens is 1. The van der Waals surface area contributed by atoms with E-state index in [-0.39, 0.29) is 0 Å². The molecule has 14 heavy (non-hydrogen) atoms. The molecule has 1 aromatic heterocycles. The third-order valence-corrected chi connectivity index (χ3v) is 2.82. The lowest BCUT2D eigenvalue weighted by molar-refractivity contribution is 0.554. The molecule has 0 amide bonds. The second-order valence-electron chi connectivity index (χ2n) is 3.04. The van der Waals surface area contributed by atoms with Crippen LogP contribution in [-0.4, -0.2) is 24.6 Å². The summed E-state index contributed by atoms with van der Waals surface area (Å²) in [6.45, 7) is 8.56. The van der Waals surface area contributed by atoms with Crippen molar-refractivity contribution in [1.29, 1.82) is 0 Å². The Morgan fingerprint density at radius 2 is 2.50 bits per heavy atom. The van der Waals surface area contributed by atoms with E-state index in [0.717, 1.165) is 24.6 Å². The number of thiazole rings is 1. The summed E-state index contributed by atoms with van der Waals surface area (Å²) in [5.41, 5.74) is 0. The van der Waals surface area contributed by atoms with E-state index in [1.807, 2.05) is 17.7 Å². The van der Waals surface area contributed by atoms with Crippen LogP contribution in [0.15, 0.2) is 24.2 Å². The summed E-state index contributed by atoms with van der Waals surface area (Å²) < 4.78 is 0. The van der Waals surface area contributed by atoms with Crippen LogP contribution in [0.4, 0.5) is 0 Å². The van der Waals surface area contributed by atoms with Crippen molar-refractivity contribution in [2.24, 2.45) is 0 Å². The van der Waals surface area contributed by atoms with Crippen molar-refractivity contribution in [2.45, 2.75) is 13.0 Å². The van der Waals surface area contributed by atoms with Crippen LogP contribution in [0.5, 0.6) is 0 Å². The second kappa shape index (κ2) is 6.70. The van der Waals surface area contributed by atoms with Gasteiger partial charge in [0.05, 0.1) is 6.04 Å². The van der Waals surface area contributed by atoms with Crippen LogP contribution in [0.2, 0.25) is 0 Å². The first kappa shape index (κ1) is 11.4. The van der Waals surface area contributed by atoms with Gasteiger partial charge in [-0.05, 0) is 6.92 Å². The Kier molecular flexibility index (Phi) is 5.44. The predicted octanol–water partition coefficient (Wildman–Crippen LogP) is 1.57. The third kappa shape index (κ3) is 4.00. The van der Waals surface area contributed by atoms with E-state index in [2.05, 4.69) is 29.1 Å². The van der Waals surface area contributed by atoms with Gasteiger partial charge in [0.1, 0.15) is 5.01 Å². The summed E-state index contributed by atoms with van der Waals surface area (Å²) in [6, 6.07) is 0.348. The Labute approximate surface area is 89.3 Å². The molecule has 1 rings (SSSR count). The molecule has 0 aliphatic rings. The number of rotatable bonds is 7. The van der Waals surface area contributed by atoms with Crippen molar-refractivity contribution in [2.75, 3.05) is 19.6 Å². The van der Waals surface area contributed by atoms with Crippen LogP contribution in [0.3, 0.4) is 0 Å². The van der Waals surface area contributed by atoms with Gasteiger partial charge >= 0.3 is 0 Å². The highest BCUT2D eigenvalue weighted by Crippen LogP contribution is 2.13. The maximum absolute atomic E-state index is 4.25. The second-order valence-corrected chi connectivity index (χ2v) is 3.97. The van der Waals surface area contributed by atoms with E-state index in [1.54, 1.807) is 11.3 Å². The molecule has 1 unspecified atom stereocenters. The van der Waals surface area contributed by atoms with Crippen LogP contribution in [-0.2, 0) is 0 Å². The smallest absolute Gasteiger partial charge is 0.109 e. The highest BCUT2D eigenvalue weighted by atomic mass is 32.1. The lowest BCUT2D eigenvalue weighted by Crippen LogP contribution is -2.29. The molecule has 0 spiro atoms. The zero-order valence-electron chi connectivity index (χ0n) is 8.49. The standard InChI is InChI=1S/C10H17N3S/c1-3-4-11-5-6-12-9(2)10-13-7-8-14-10/h3,7-9,11-12H,1,4-6H2,2H3. The Balaban J connectivity index is 2.10. The van der Waals surface area contributed by atoms with E-state index in [4.69, 9.17) is 0 Å². The number of hydrogen-bond donors (Lipinski definition) is 2. The topological polar surface area (TPSA) is 37.0 Å². The van der Waals surface area contributed by atoms with Crippen LogP contribution < -0.4 is 10.6 Å². The largest absolute Gasteiger partial charge is 0.312 e. The van der Waals surface area contributed by atoms with E-state index in [0.29, 0.717) is 6.04 Å². The van der Waals surface area contributed by atoms with Crippen LogP contribution in [0, 0.1) is 0 Å². The molecule has 0 radical (unpaired) electrons. The average Bonchev–Trinajstić information content (AvgIpc) is 2.70. The zero-order chi connectivity index (χ0) is 10.2. The van der Waals surface area contributed by atoms with Gasteiger partial charge < -0.3 is 10.6 Å². The molecule has 0 saturated carbocycles. The molecule has 78 valence electrons. The Morgan fingerprint density at radius 1 is 1.64 bits per heavy atom. The van der Waals surface area contributed by atoms with E-state index in [1.165, 1.54) is 0 Å². The summed E-state index contributed by atoms with van der Waals surface area (Å²) in [5, 5.41) is 9.78. The lowest BCUT2D eigenvalue weighted by Gasteiger charge is -2.10. The fourth-order valence-corrected chi connectivity index (χ4v) is 1.79. The van der Waals surface area contributed by atoms with Crippen molar-refractivity contribution in [3.63, 3.8) is 0 Å². The molecule has 1 atom stereocenters. The Hall–Kier alpha value is -0.710. The van der Waals surface area contributed by atoms with Crippen LogP contribution in [0.1, 0.15) is 18.0 Å². The van der Waals surface area contributed by atoms with Gasteiger partial charge in [-0.3, -0.25) is 0 Å². The summed E-state index contributed by atoms with van der Waals surface area (Å²) in [5.74, 6) is 0. The van der Waals surface area contributed by atoms with Crippen molar-refractivity contribution in [1.82, 2.24) is 15.6 Å². The summed E-state index contributed by atoms with van der Waals surface area (Å²) in [4.78, 5) is 4.25. The molecular weight excluding hydrogens is 194 g/mol. The fourth-order valence-electron chi connectivity index (χ4n) is 1.12. The van der Waals surface area contributed by atoms with Gasteiger partial charge in [-0.1, -0.05) is 6.08 Å². The van der Waals surface area contributed by atoms with Crippen molar-refractivity contribution in [3.05, 3.63) is 29.2 Å². The normalized spacial score (nSPS) is 12.6. The monoisotopic (exact) mass is 211 g/mol. The Bertz CT molecular complexity index is 246. The number of nitrogens with zero attached hydrogens (tertiary/aromatic N) is 1. The minimum absolute atomic E-state index is 0.348. The number of hydrogen-bond acceptors (Lipinski definition) is 4. The maximum atomic E-state index is 4.25. The molecular formula is C10H17N3S. The van der Waals surface area contributed by atoms with Crippen molar-refractivity contribution < 1.29 is 0 Å². The van der Waals surface area contributed by atoms with Gasteiger partial charge in [0.25, 0.3) is 0 Å². The van der Waals surface area contributed by atoms with Crippen molar-refractivity contribution >= 4 is 11.3 Å². The molecule has 0 aliphatic carbocycles. The first-order valence-electron chi connectivity index (χ1n) is 4.79. The van der Waals surface area contributed by atoms with E-state index < -0.39 is 0 Å². The van der Waals surface area contributed by atoms with Gasteiger partial charge in [0.2, 0.25) is 0 Å². The summed E-state index contributed by atoms with van der Waals surface area (Å²) >= 11 is 1.69. The molecule has 0 fully saturated rings. The third-order valence-electron chi connectivity index (χ3n) is 1.86. The number of nitrogens with one attached hydrogen (secondary N) is 2. The van der Waals surface area contributed by atoms with E-state index >= 15 is 0 Å². The molecule has 0 bridgehead atoms. The zero-order valence-corrected chi connectivity index (χ0v) is 9.31. The fraction of sp³-hybridized carbons (Fsp3) is 0.500. The SMILES string of the molecule is C=CCNCCNC(C)c1nccs1. The molecule has 1 aromatic rings. The highest BCUT2D eigenvalue weighted by molar-refractivity contribution is 7.09. The van der Waals surface area contributed by atoms with Gasteiger partial charge in [-0.25, -0.2) is 4.98 Å². The predicted molar refractivity (Wildman–Crippen MR) is 61.6 cm³/mol. The maximum Gasteiger partial charge on any atom is 0.109 e.